The topological polar surface area (TPSA) is 94.0 Å². The minimum Gasteiger partial charge on any atom is -0.445 e. The number of rotatable bonds is 4. The molecular weight excluding hydrogens is 436 g/mol. The highest BCUT2D eigenvalue weighted by Gasteiger charge is 2.30. The summed E-state index contributed by atoms with van der Waals surface area (Å²) in [6.07, 6.45) is 2.24. The number of aromatic nitrogens is 2. The van der Waals surface area contributed by atoms with E-state index in [1.165, 1.54) is 9.47 Å². The third-order valence-electron chi connectivity index (χ3n) is 5.39. The number of hydrogen-bond acceptors (Lipinski definition) is 6. The monoisotopic (exact) mass is 464 g/mol. The first-order valence-corrected chi connectivity index (χ1v) is 11.1. The van der Waals surface area contributed by atoms with Crippen molar-refractivity contribution in [2.45, 2.75) is 39.5 Å². The lowest BCUT2D eigenvalue weighted by Gasteiger charge is -2.33. The maximum atomic E-state index is 13.0. The normalized spacial score (nSPS) is 14.4. The van der Waals surface area contributed by atoms with Crippen molar-refractivity contribution in [3.8, 4) is 0 Å². The van der Waals surface area contributed by atoms with E-state index in [-0.39, 0.29) is 25.6 Å². The van der Waals surface area contributed by atoms with E-state index >= 15 is 0 Å². The minimum atomic E-state index is -0.667. The maximum Gasteiger partial charge on any atom is 0.419 e. The van der Waals surface area contributed by atoms with Gasteiger partial charge in [-0.05, 0) is 38.5 Å². The molecule has 1 aliphatic rings. The van der Waals surface area contributed by atoms with Gasteiger partial charge in [-0.25, -0.2) is 14.2 Å². The van der Waals surface area contributed by atoms with E-state index in [4.69, 9.17) is 9.47 Å². The number of nitrogens with zero attached hydrogens (tertiary/aromatic N) is 4. The van der Waals surface area contributed by atoms with Crippen LogP contribution in [0.5, 0.6) is 0 Å². The molecule has 9 heteroatoms. The molecule has 0 aliphatic carbocycles. The second kappa shape index (κ2) is 9.54. The molecule has 0 bridgehead atoms. The molecule has 3 heterocycles. The molecule has 34 heavy (non-hydrogen) atoms. The summed E-state index contributed by atoms with van der Waals surface area (Å²) < 4.78 is 12.4. The summed E-state index contributed by atoms with van der Waals surface area (Å²) in [6, 6.07) is 13.0. The van der Waals surface area contributed by atoms with Crippen molar-refractivity contribution in [2.24, 2.45) is 0 Å². The number of fused-ring (bicyclic) bond motifs is 1. The van der Waals surface area contributed by atoms with E-state index < -0.39 is 17.8 Å². The molecule has 1 aromatic carbocycles. The van der Waals surface area contributed by atoms with E-state index in [2.05, 4.69) is 4.98 Å². The average molecular weight is 465 g/mol. The lowest BCUT2D eigenvalue weighted by atomic mass is 10.2. The molecule has 0 spiro atoms. The molecule has 2 amide bonds. The Morgan fingerprint density at radius 3 is 2.53 bits per heavy atom. The Bertz CT molecular complexity index is 1200. The Hall–Kier alpha value is -3.88. The van der Waals surface area contributed by atoms with Crippen LogP contribution < -0.4 is 0 Å². The molecule has 9 nitrogen and oxygen atoms in total. The third-order valence-corrected chi connectivity index (χ3v) is 5.39. The van der Waals surface area contributed by atoms with Crippen molar-refractivity contribution in [1.82, 2.24) is 19.4 Å². The number of hydrogen-bond donors (Lipinski definition) is 0. The summed E-state index contributed by atoms with van der Waals surface area (Å²) in [5, 5.41) is 0.777. The van der Waals surface area contributed by atoms with E-state index in [9.17, 15) is 14.4 Å². The van der Waals surface area contributed by atoms with Crippen LogP contribution in [0.1, 0.15) is 32.0 Å². The fourth-order valence-corrected chi connectivity index (χ4v) is 3.79. The zero-order valence-electron chi connectivity index (χ0n) is 19.6. The predicted molar refractivity (Wildman–Crippen MR) is 125 cm³/mol. The van der Waals surface area contributed by atoms with Crippen LogP contribution in [0.3, 0.4) is 0 Å². The zero-order valence-corrected chi connectivity index (χ0v) is 19.6. The van der Waals surface area contributed by atoms with E-state index in [1.807, 2.05) is 36.4 Å². The van der Waals surface area contributed by atoms with Crippen molar-refractivity contribution in [3.63, 3.8) is 0 Å². The maximum absolute atomic E-state index is 13.0. The van der Waals surface area contributed by atoms with Crippen molar-refractivity contribution >= 4 is 29.0 Å². The molecule has 178 valence electrons. The summed E-state index contributed by atoms with van der Waals surface area (Å²) in [7, 11) is 0. The Balaban J connectivity index is 1.44. The Morgan fingerprint density at radius 2 is 1.82 bits per heavy atom. The number of piperazine rings is 1. The van der Waals surface area contributed by atoms with Gasteiger partial charge in [0.15, 0.2) is 0 Å². The standard InChI is InChI=1S/C25H28N4O5/c1-25(2,3)34-24(32)29-20(13-19-14-26-10-9-21(19)29)15-27-11-12-28(16-22(27)30)23(31)33-17-18-7-5-4-6-8-18/h4-10,13-14H,11-12,15-17H2,1-3H3. The Labute approximate surface area is 197 Å². The number of ether oxygens (including phenoxy) is 2. The number of benzene rings is 1. The molecule has 0 radical (unpaired) electrons. The van der Waals surface area contributed by atoms with Gasteiger partial charge in [0.25, 0.3) is 0 Å². The molecule has 1 saturated heterocycles. The first-order valence-electron chi connectivity index (χ1n) is 11.1. The third kappa shape index (κ3) is 5.36. The van der Waals surface area contributed by atoms with Crippen LogP contribution in [-0.2, 0) is 27.4 Å². The van der Waals surface area contributed by atoms with Crippen LogP contribution in [0.4, 0.5) is 9.59 Å². The first kappa shape index (κ1) is 23.3. The zero-order chi connectivity index (χ0) is 24.3. The van der Waals surface area contributed by atoms with Gasteiger partial charge in [0.05, 0.1) is 12.1 Å². The van der Waals surface area contributed by atoms with Gasteiger partial charge in [0.2, 0.25) is 5.91 Å². The largest absolute Gasteiger partial charge is 0.445 e. The molecule has 0 atom stereocenters. The predicted octanol–water partition coefficient (Wildman–Crippen LogP) is 3.80. The number of carbonyl (C=O) groups excluding carboxylic acids is 3. The summed E-state index contributed by atoms with van der Waals surface area (Å²) in [6.45, 7) is 6.35. The second-order valence-corrected chi connectivity index (χ2v) is 9.16. The summed E-state index contributed by atoms with van der Waals surface area (Å²) in [5.41, 5.74) is 1.49. The van der Waals surface area contributed by atoms with Crippen molar-refractivity contribution in [1.29, 1.82) is 0 Å². The van der Waals surface area contributed by atoms with Gasteiger partial charge in [0.1, 0.15) is 18.8 Å². The van der Waals surface area contributed by atoms with Gasteiger partial charge in [0, 0.05) is 36.6 Å². The summed E-state index contributed by atoms with van der Waals surface area (Å²) >= 11 is 0. The second-order valence-electron chi connectivity index (χ2n) is 9.16. The highest BCUT2D eigenvalue weighted by Crippen LogP contribution is 2.23. The fraction of sp³-hybridized carbons (Fsp3) is 0.360. The van der Waals surface area contributed by atoms with Crippen LogP contribution in [-0.4, -0.2) is 62.7 Å². The van der Waals surface area contributed by atoms with Crippen molar-refractivity contribution < 1.29 is 23.9 Å². The highest BCUT2D eigenvalue weighted by atomic mass is 16.6. The molecule has 2 aromatic heterocycles. The molecule has 0 saturated carbocycles. The Kier molecular flexibility index (Phi) is 6.54. The molecule has 4 rings (SSSR count). The lowest BCUT2D eigenvalue weighted by molar-refractivity contribution is -0.136. The number of amides is 2. The van der Waals surface area contributed by atoms with Gasteiger partial charge in [-0.15, -0.1) is 0 Å². The van der Waals surface area contributed by atoms with E-state index in [1.54, 1.807) is 44.1 Å². The average Bonchev–Trinajstić information content (AvgIpc) is 3.16. The minimum absolute atomic E-state index is 0.0815. The quantitative estimate of drug-likeness (QED) is 0.583. The fourth-order valence-electron chi connectivity index (χ4n) is 3.79. The van der Waals surface area contributed by atoms with Gasteiger partial charge in [-0.1, -0.05) is 30.3 Å². The molecule has 0 unspecified atom stereocenters. The summed E-state index contributed by atoms with van der Waals surface area (Å²) in [5.74, 6) is -0.220. The molecule has 3 aromatic rings. The van der Waals surface area contributed by atoms with E-state index in [0.717, 1.165) is 10.9 Å². The number of pyridine rings is 1. The van der Waals surface area contributed by atoms with Crippen molar-refractivity contribution in [2.75, 3.05) is 19.6 Å². The first-order chi connectivity index (χ1) is 16.2. The van der Waals surface area contributed by atoms with Crippen LogP contribution in [0, 0.1) is 0 Å². The molecule has 1 fully saturated rings. The van der Waals surface area contributed by atoms with Crippen LogP contribution in [0.25, 0.3) is 10.9 Å². The SMILES string of the molecule is CC(C)(C)OC(=O)n1c(CN2CCN(C(=O)OCc3ccccc3)CC2=O)cc2cnccc21. The molecule has 1 aliphatic heterocycles. The van der Waals surface area contributed by atoms with Gasteiger partial charge in [-0.2, -0.15) is 0 Å². The van der Waals surface area contributed by atoms with Crippen LogP contribution in [0.2, 0.25) is 0 Å². The molecule has 0 N–H and O–H groups in total. The summed E-state index contributed by atoms with van der Waals surface area (Å²) in [4.78, 5) is 45.4. The highest BCUT2D eigenvalue weighted by molar-refractivity contribution is 5.91. The van der Waals surface area contributed by atoms with Gasteiger partial charge < -0.3 is 14.4 Å². The Morgan fingerprint density at radius 1 is 1.06 bits per heavy atom. The number of carbonyl (C=O) groups is 3. The van der Waals surface area contributed by atoms with Crippen LogP contribution in [0.15, 0.2) is 54.9 Å². The molecular formula is C25H28N4O5. The van der Waals surface area contributed by atoms with Crippen LogP contribution >= 0.6 is 0 Å². The van der Waals surface area contributed by atoms with Gasteiger partial charge >= 0.3 is 12.2 Å². The smallest absolute Gasteiger partial charge is 0.419 e. The van der Waals surface area contributed by atoms with Gasteiger partial charge in [-0.3, -0.25) is 14.7 Å². The van der Waals surface area contributed by atoms with E-state index in [0.29, 0.717) is 24.3 Å². The van der Waals surface area contributed by atoms with Crippen molar-refractivity contribution in [3.05, 3.63) is 66.1 Å². The lowest BCUT2D eigenvalue weighted by Crippen LogP contribution is -2.52.